The highest BCUT2D eigenvalue weighted by Gasteiger charge is 2.05. The van der Waals surface area contributed by atoms with Crippen LogP contribution in [0.4, 0.5) is 0 Å². The molecule has 1 amide bonds. The number of hydrogen-bond acceptors (Lipinski definition) is 3. The minimum Gasteiger partial charge on any atom is -0.353 e. The zero-order valence-electron chi connectivity index (χ0n) is 11.2. The molecule has 0 aliphatic carbocycles. The maximum absolute atomic E-state index is 11.5. The molecule has 0 rings (SSSR count). The van der Waals surface area contributed by atoms with E-state index >= 15 is 0 Å². The first-order valence-corrected chi connectivity index (χ1v) is 6.28. The molecule has 0 saturated carbocycles. The third kappa shape index (κ3) is 8.68. The molecule has 0 aromatic carbocycles. The first-order valence-electron chi connectivity index (χ1n) is 6.28. The molecule has 0 aromatic heterocycles. The molecule has 16 heavy (non-hydrogen) atoms. The quantitative estimate of drug-likeness (QED) is 0.576. The Morgan fingerprint density at radius 2 is 2.06 bits per heavy atom. The minimum atomic E-state index is 0.0973. The topological polar surface area (TPSA) is 44.4 Å². The van der Waals surface area contributed by atoms with E-state index in [-0.39, 0.29) is 11.9 Å². The van der Waals surface area contributed by atoms with Crippen LogP contribution in [0.1, 0.15) is 33.6 Å². The van der Waals surface area contributed by atoms with Crippen LogP contribution in [-0.2, 0) is 4.79 Å². The highest BCUT2D eigenvalue weighted by molar-refractivity contribution is 5.78. The van der Waals surface area contributed by atoms with Gasteiger partial charge in [-0.2, -0.15) is 0 Å². The van der Waals surface area contributed by atoms with Gasteiger partial charge in [0.2, 0.25) is 5.91 Å². The number of carbonyl (C=O) groups excluding carboxylic acids is 1. The van der Waals surface area contributed by atoms with Crippen molar-refractivity contribution in [3.8, 4) is 0 Å². The van der Waals surface area contributed by atoms with Crippen LogP contribution < -0.4 is 10.6 Å². The molecule has 4 heteroatoms. The van der Waals surface area contributed by atoms with Gasteiger partial charge in [0.1, 0.15) is 0 Å². The maximum atomic E-state index is 11.5. The van der Waals surface area contributed by atoms with E-state index in [2.05, 4.69) is 36.4 Å². The Morgan fingerprint density at radius 1 is 1.38 bits per heavy atom. The van der Waals surface area contributed by atoms with Crippen LogP contribution in [0.25, 0.3) is 0 Å². The van der Waals surface area contributed by atoms with Crippen molar-refractivity contribution >= 4 is 5.91 Å². The summed E-state index contributed by atoms with van der Waals surface area (Å²) >= 11 is 0. The Kier molecular flexibility index (Phi) is 9.24. The van der Waals surface area contributed by atoms with E-state index in [1.807, 2.05) is 6.92 Å². The predicted molar refractivity (Wildman–Crippen MR) is 68.6 cm³/mol. The number of amides is 1. The van der Waals surface area contributed by atoms with Crippen LogP contribution >= 0.6 is 0 Å². The van der Waals surface area contributed by atoms with Gasteiger partial charge in [-0.1, -0.05) is 20.3 Å². The van der Waals surface area contributed by atoms with Gasteiger partial charge in [0.15, 0.2) is 0 Å². The summed E-state index contributed by atoms with van der Waals surface area (Å²) in [5.74, 6) is 0.0973. The number of nitrogens with one attached hydrogen (secondary N) is 2. The van der Waals surface area contributed by atoms with Crippen molar-refractivity contribution in [2.45, 2.75) is 39.7 Å². The molecule has 0 bridgehead atoms. The molecule has 2 N–H and O–H groups in total. The first-order chi connectivity index (χ1) is 7.60. The van der Waals surface area contributed by atoms with Crippen molar-refractivity contribution in [1.82, 2.24) is 15.5 Å². The van der Waals surface area contributed by atoms with Crippen molar-refractivity contribution in [3.05, 3.63) is 0 Å². The number of hydrogen-bond donors (Lipinski definition) is 2. The summed E-state index contributed by atoms with van der Waals surface area (Å²) in [6.45, 7) is 9.61. The van der Waals surface area contributed by atoms with E-state index in [1.165, 1.54) is 0 Å². The average Bonchev–Trinajstić information content (AvgIpc) is 2.24. The molecule has 0 fully saturated rings. The number of likely N-dealkylation sites (N-methyl/N-ethyl adjacent to an activating group) is 1. The normalized spacial score (nSPS) is 12.8. The molecule has 1 unspecified atom stereocenters. The third-order valence-electron chi connectivity index (χ3n) is 2.62. The fraction of sp³-hybridized carbons (Fsp3) is 0.917. The lowest BCUT2D eigenvalue weighted by atomic mass is 10.2. The van der Waals surface area contributed by atoms with E-state index in [0.29, 0.717) is 6.54 Å². The van der Waals surface area contributed by atoms with Crippen molar-refractivity contribution in [2.24, 2.45) is 0 Å². The summed E-state index contributed by atoms with van der Waals surface area (Å²) in [5.41, 5.74) is 0. The summed E-state index contributed by atoms with van der Waals surface area (Å²) in [6.07, 6.45) is 2.15. The van der Waals surface area contributed by atoms with Gasteiger partial charge >= 0.3 is 0 Å². The van der Waals surface area contributed by atoms with Crippen LogP contribution in [0.2, 0.25) is 0 Å². The minimum absolute atomic E-state index is 0.0973. The van der Waals surface area contributed by atoms with Crippen LogP contribution in [0.3, 0.4) is 0 Å². The molecule has 1 atom stereocenters. The van der Waals surface area contributed by atoms with Gasteiger partial charge in [0, 0.05) is 19.1 Å². The summed E-state index contributed by atoms with van der Waals surface area (Å²) in [5, 5.41) is 6.11. The Morgan fingerprint density at radius 3 is 2.62 bits per heavy atom. The molecular formula is C12H27N3O. The molecule has 0 aliphatic heterocycles. The maximum Gasteiger partial charge on any atom is 0.234 e. The predicted octanol–water partition coefficient (Wildman–Crippen LogP) is 0.833. The monoisotopic (exact) mass is 229 g/mol. The van der Waals surface area contributed by atoms with Gasteiger partial charge in [0.05, 0.1) is 6.54 Å². The van der Waals surface area contributed by atoms with Crippen molar-refractivity contribution < 1.29 is 4.79 Å². The lowest BCUT2D eigenvalue weighted by molar-refractivity contribution is -0.120. The molecule has 4 nitrogen and oxygen atoms in total. The van der Waals surface area contributed by atoms with Gasteiger partial charge in [-0.25, -0.2) is 0 Å². The number of nitrogens with zero attached hydrogens (tertiary/aromatic N) is 1. The van der Waals surface area contributed by atoms with Gasteiger partial charge in [0.25, 0.3) is 0 Å². The zero-order valence-corrected chi connectivity index (χ0v) is 11.2. The lowest BCUT2D eigenvalue weighted by Crippen LogP contribution is -2.40. The van der Waals surface area contributed by atoms with Gasteiger partial charge in [-0.3, -0.25) is 4.79 Å². The third-order valence-corrected chi connectivity index (χ3v) is 2.62. The number of carbonyl (C=O) groups is 1. The van der Waals surface area contributed by atoms with Crippen molar-refractivity contribution in [1.29, 1.82) is 0 Å². The van der Waals surface area contributed by atoms with Crippen molar-refractivity contribution in [2.75, 3.05) is 33.2 Å². The second-order valence-electron chi connectivity index (χ2n) is 4.33. The average molecular weight is 229 g/mol. The summed E-state index contributed by atoms with van der Waals surface area (Å²) in [7, 11) is 2.07. The molecule has 0 aromatic rings. The van der Waals surface area contributed by atoms with E-state index in [0.717, 1.165) is 32.5 Å². The lowest BCUT2D eigenvalue weighted by Gasteiger charge is -2.15. The molecule has 0 aliphatic rings. The van der Waals surface area contributed by atoms with Crippen LogP contribution in [-0.4, -0.2) is 50.1 Å². The first kappa shape index (κ1) is 15.4. The number of rotatable bonds is 9. The molecular weight excluding hydrogens is 202 g/mol. The summed E-state index contributed by atoms with van der Waals surface area (Å²) in [4.78, 5) is 13.7. The Hall–Kier alpha value is -0.610. The van der Waals surface area contributed by atoms with Crippen LogP contribution in [0.15, 0.2) is 0 Å². The smallest absolute Gasteiger partial charge is 0.234 e. The van der Waals surface area contributed by atoms with Crippen molar-refractivity contribution in [3.63, 3.8) is 0 Å². The Bertz CT molecular complexity index is 185. The largest absolute Gasteiger partial charge is 0.353 e. The summed E-state index contributed by atoms with van der Waals surface area (Å²) < 4.78 is 0. The summed E-state index contributed by atoms with van der Waals surface area (Å²) in [6, 6.07) is 0.289. The Labute approximate surface area is 99.8 Å². The molecule has 0 radical (unpaired) electrons. The van der Waals surface area contributed by atoms with E-state index in [9.17, 15) is 4.79 Å². The Balaban J connectivity index is 3.43. The van der Waals surface area contributed by atoms with E-state index < -0.39 is 0 Å². The highest BCUT2D eigenvalue weighted by Crippen LogP contribution is 1.93. The van der Waals surface area contributed by atoms with Gasteiger partial charge in [-0.15, -0.1) is 0 Å². The van der Waals surface area contributed by atoms with E-state index in [1.54, 1.807) is 0 Å². The second kappa shape index (κ2) is 9.60. The molecule has 0 spiro atoms. The highest BCUT2D eigenvalue weighted by atomic mass is 16.1. The zero-order chi connectivity index (χ0) is 12.4. The second-order valence-corrected chi connectivity index (χ2v) is 4.33. The van der Waals surface area contributed by atoms with Gasteiger partial charge < -0.3 is 15.5 Å². The van der Waals surface area contributed by atoms with Gasteiger partial charge in [-0.05, 0) is 26.9 Å². The fourth-order valence-electron chi connectivity index (χ4n) is 1.46. The SMILES string of the molecule is CCCC(C)NC(=O)CNCCN(C)CC. The van der Waals surface area contributed by atoms with E-state index in [4.69, 9.17) is 0 Å². The van der Waals surface area contributed by atoms with Crippen LogP contribution in [0.5, 0.6) is 0 Å². The fourth-order valence-corrected chi connectivity index (χ4v) is 1.46. The van der Waals surface area contributed by atoms with Crippen LogP contribution in [0, 0.1) is 0 Å². The molecule has 0 saturated heterocycles. The standard InChI is InChI=1S/C12H27N3O/c1-5-7-11(3)14-12(16)10-13-8-9-15(4)6-2/h11,13H,5-10H2,1-4H3,(H,14,16). The molecule has 0 heterocycles. The molecule has 96 valence electrons.